The van der Waals surface area contributed by atoms with Crippen molar-refractivity contribution in [1.29, 1.82) is 0 Å². The van der Waals surface area contributed by atoms with Crippen molar-refractivity contribution in [1.82, 2.24) is 0 Å². The van der Waals surface area contributed by atoms with Gasteiger partial charge in [0.25, 0.3) is 0 Å². The van der Waals surface area contributed by atoms with Crippen LogP contribution in [0.25, 0.3) is 5.57 Å². The Labute approximate surface area is 103 Å². The minimum Gasteiger partial charge on any atom is -0.372 e. The van der Waals surface area contributed by atoms with Crippen LogP contribution < -0.4 is 0 Å². The molecule has 2 heterocycles. The van der Waals surface area contributed by atoms with Gasteiger partial charge in [-0.2, -0.15) is 0 Å². The van der Waals surface area contributed by atoms with E-state index in [0.29, 0.717) is 5.92 Å². The molecular weight excluding hydrogens is 208 g/mol. The molecule has 1 aliphatic carbocycles. The maximum atomic E-state index is 5.93. The van der Waals surface area contributed by atoms with Crippen LogP contribution in [0.2, 0.25) is 0 Å². The van der Waals surface area contributed by atoms with E-state index in [1.54, 1.807) is 0 Å². The van der Waals surface area contributed by atoms with Gasteiger partial charge in [0, 0.05) is 11.3 Å². The maximum Gasteiger partial charge on any atom is 0.0822 e. The molecule has 17 heavy (non-hydrogen) atoms. The minimum absolute atomic E-state index is 0.0304. The Balaban J connectivity index is 2.11. The number of rotatable bonds is 1. The molecule has 1 nitrogen and oxygen atoms in total. The fourth-order valence-corrected chi connectivity index (χ4v) is 2.71. The highest BCUT2D eigenvalue weighted by atomic mass is 16.5. The second-order valence-corrected chi connectivity index (χ2v) is 5.36. The van der Waals surface area contributed by atoms with Gasteiger partial charge in [-0.15, -0.1) is 0 Å². The summed E-state index contributed by atoms with van der Waals surface area (Å²) in [6, 6.07) is 10.7. The van der Waals surface area contributed by atoms with Crippen LogP contribution in [-0.2, 0) is 4.74 Å². The molecule has 1 heteroatoms. The predicted octanol–water partition coefficient (Wildman–Crippen LogP) is 3.68. The minimum atomic E-state index is 0.0304. The van der Waals surface area contributed by atoms with Crippen molar-refractivity contribution in [3.8, 4) is 0 Å². The van der Waals surface area contributed by atoms with Crippen molar-refractivity contribution in [2.75, 3.05) is 6.61 Å². The van der Waals surface area contributed by atoms with Gasteiger partial charge in [-0.1, -0.05) is 55.5 Å². The zero-order valence-corrected chi connectivity index (χ0v) is 10.4. The summed E-state index contributed by atoms with van der Waals surface area (Å²) >= 11 is 0. The van der Waals surface area contributed by atoms with Crippen molar-refractivity contribution in [2.24, 2.45) is 11.3 Å². The third kappa shape index (κ3) is 1.75. The molecule has 1 aromatic rings. The molecule has 0 radical (unpaired) electrons. The zero-order chi connectivity index (χ0) is 11.9. The van der Waals surface area contributed by atoms with E-state index in [0.717, 1.165) is 6.61 Å². The summed E-state index contributed by atoms with van der Waals surface area (Å²) in [5, 5.41) is 0. The molecule has 3 unspecified atom stereocenters. The second kappa shape index (κ2) is 3.85. The first-order chi connectivity index (χ1) is 8.19. The normalized spacial score (nSPS) is 35.5. The Bertz CT molecular complexity index is 472. The van der Waals surface area contributed by atoms with E-state index in [4.69, 9.17) is 4.74 Å². The first kappa shape index (κ1) is 10.8. The van der Waals surface area contributed by atoms with E-state index in [9.17, 15) is 0 Å². The lowest BCUT2D eigenvalue weighted by atomic mass is 9.78. The molecule has 0 saturated heterocycles. The molecule has 0 aromatic heterocycles. The van der Waals surface area contributed by atoms with Crippen LogP contribution in [0.4, 0.5) is 0 Å². The summed E-state index contributed by atoms with van der Waals surface area (Å²) in [6.07, 6.45) is 7.16. The highest BCUT2D eigenvalue weighted by molar-refractivity contribution is 5.73. The predicted molar refractivity (Wildman–Crippen MR) is 70.6 cm³/mol. The third-order valence-electron chi connectivity index (χ3n) is 3.89. The lowest BCUT2D eigenvalue weighted by Crippen LogP contribution is -2.31. The first-order valence-corrected chi connectivity index (χ1v) is 6.28. The highest BCUT2D eigenvalue weighted by Gasteiger charge is 2.37. The fourth-order valence-electron chi connectivity index (χ4n) is 2.71. The monoisotopic (exact) mass is 226 g/mol. The molecule has 2 aliphatic heterocycles. The van der Waals surface area contributed by atoms with E-state index in [2.05, 4.69) is 62.4 Å². The Hall–Kier alpha value is -1.34. The standard InChI is InChI=1S/C16H18O/c1-12-8-9-16(2)11-17-15(12)10-14(16)13-6-4-3-5-7-13/h3-10,12,15H,11H2,1-2H3. The molecule has 4 rings (SSSR count). The summed E-state index contributed by atoms with van der Waals surface area (Å²) in [7, 11) is 0. The molecule has 2 bridgehead atoms. The number of hydrogen-bond acceptors (Lipinski definition) is 1. The smallest absolute Gasteiger partial charge is 0.0822 e. The SMILES string of the molecule is CC1C=CC2(C)COC1C=C2c1ccccc1. The second-order valence-electron chi connectivity index (χ2n) is 5.36. The third-order valence-corrected chi connectivity index (χ3v) is 3.89. The van der Waals surface area contributed by atoms with E-state index < -0.39 is 0 Å². The van der Waals surface area contributed by atoms with Gasteiger partial charge in [-0.25, -0.2) is 0 Å². The van der Waals surface area contributed by atoms with Crippen LogP contribution in [-0.4, -0.2) is 12.7 Å². The number of hydrogen-bond donors (Lipinski definition) is 0. The van der Waals surface area contributed by atoms with Gasteiger partial charge in [-0.3, -0.25) is 0 Å². The molecule has 0 fully saturated rings. The van der Waals surface area contributed by atoms with Gasteiger partial charge in [0.1, 0.15) is 0 Å². The number of ether oxygens (including phenoxy) is 1. The van der Waals surface area contributed by atoms with Gasteiger partial charge in [-0.05, 0) is 18.1 Å². The molecule has 3 atom stereocenters. The van der Waals surface area contributed by atoms with Gasteiger partial charge >= 0.3 is 0 Å². The Morgan fingerprint density at radius 1 is 1.24 bits per heavy atom. The van der Waals surface area contributed by atoms with Crippen molar-refractivity contribution in [3.05, 3.63) is 54.1 Å². The van der Waals surface area contributed by atoms with E-state index in [1.165, 1.54) is 11.1 Å². The molecule has 0 saturated carbocycles. The first-order valence-electron chi connectivity index (χ1n) is 6.28. The van der Waals surface area contributed by atoms with Crippen molar-refractivity contribution >= 4 is 5.57 Å². The molecule has 0 N–H and O–H groups in total. The maximum absolute atomic E-state index is 5.93. The van der Waals surface area contributed by atoms with Crippen LogP contribution in [0.5, 0.6) is 0 Å². The van der Waals surface area contributed by atoms with Crippen LogP contribution in [0.1, 0.15) is 19.4 Å². The van der Waals surface area contributed by atoms with Crippen LogP contribution in [0, 0.1) is 11.3 Å². The number of benzene rings is 1. The fraction of sp³-hybridized carbons (Fsp3) is 0.375. The average molecular weight is 226 g/mol. The van der Waals surface area contributed by atoms with Gasteiger partial charge < -0.3 is 4.74 Å². The highest BCUT2D eigenvalue weighted by Crippen LogP contribution is 2.44. The topological polar surface area (TPSA) is 9.23 Å². The Morgan fingerprint density at radius 2 is 2.00 bits per heavy atom. The largest absolute Gasteiger partial charge is 0.372 e. The lowest BCUT2D eigenvalue weighted by Gasteiger charge is -2.34. The lowest BCUT2D eigenvalue weighted by molar-refractivity contribution is 0.0327. The molecule has 0 spiro atoms. The van der Waals surface area contributed by atoms with Crippen molar-refractivity contribution in [3.63, 3.8) is 0 Å². The Morgan fingerprint density at radius 3 is 2.76 bits per heavy atom. The summed E-state index contributed by atoms with van der Waals surface area (Å²) in [6.45, 7) is 5.27. The molecular formula is C16H18O. The summed E-state index contributed by atoms with van der Waals surface area (Å²) < 4.78 is 5.93. The summed E-state index contributed by atoms with van der Waals surface area (Å²) in [5.41, 5.74) is 2.76. The Kier molecular flexibility index (Phi) is 2.44. The summed E-state index contributed by atoms with van der Waals surface area (Å²) in [4.78, 5) is 0. The van der Waals surface area contributed by atoms with E-state index >= 15 is 0 Å². The van der Waals surface area contributed by atoms with Gasteiger partial charge in [0.05, 0.1) is 12.7 Å². The number of fused-ring (bicyclic) bond motifs is 2. The average Bonchev–Trinajstić information content (AvgIpc) is 2.58. The van der Waals surface area contributed by atoms with Crippen molar-refractivity contribution < 1.29 is 4.74 Å². The van der Waals surface area contributed by atoms with Gasteiger partial charge in [0.15, 0.2) is 0 Å². The zero-order valence-electron chi connectivity index (χ0n) is 10.4. The summed E-state index contributed by atoms with van der Waals surface area (Å²) in [5.74, 6) is 0.470. The van der Waals surface area contributed by atoms with E-state index in [-0.39, 0.29) is 11.5 Å². The quantitative estimate of drug-likeness (QED) is 0.664. The van der Waals surface area contributed by atoms with Crippen LogP contribution >= 0.6 is 0 Å². The molecule has 88 valence electrons. The van der Waals surface area contributed by atoms with Crippen LogP contribution in [0.3, 0.4) is 0 Å². The van der Waals surface area contributed by atoms with Crippen molar-refractivity contribution in [2.45, 2.75) is 20.0 Å². The van der Waals surface area contributed by atoms with Gasteiger partial charge in [0.2, 0.25) is 0 Å². The molecule has 3 aliphatic rings. The molecule has 1 aromatic carbocycles. The molecule has 0 amide bonds. The van der Waals surface area contributed by atoms with E-state index in [1.807, 2.05) is 0 Å². The van der Waals surface area contributed by atoms with Crippen LogP contribution in [0.15, 0.2) is 48.6 Å².